The van der Waals surface area contributed by atoms with E-state index in [0.29, 0.717) is 0 Å². The monoisotopic (exact) mass is 486 g/mol. The lowest BCUT2D eigenvalue weighted by Gasteiger charge is -2.10. The number of phenols is 1. The molecule has 182 valence electrons. The third-order valence-corrected chi connectivity index (χ3v) is 4.66. The van der Waals surface area contributed by atoms with Gasteiger partial charge in [0.05, 0.1) is 23.8 Å². The quantitative estimate of drug-likeness (QED) is 0.139. The molecule has 3 aromatic carbocycles. The average molecular weight is 486 g/mol. The third kappa shape index (κ3) is 6.20. The molecule has 36 heavy (non-hydrogen) atoms. The predicted octanol–water partition coefficient (Wildman–Crippen LogP) is 4.82. The number of aromatic nitrogens is 3. The second-order valence-corrected chi connectivity index (χ2v) is 7.23. The van der Waals surface area contributed by atoms with Crippen LogP contribution in [0.5, 0.6) is 11.5 Å². The minimum Gasteiger partial charge on any atom is -0.504 e. The fourth-order valence-electron chi connectivity index (χ4n) is 3.08. The van der Waals surface area contributed by atoms with Gasteiger partial charge in [-0.3, -0.25) is 10.1 Å². The highest BCUT2D eigenvalue weighted by molar-refractivity contribution is 5.86. The topological polar surface area (TPSA) is 160 Å². The molecule has 0 aliphatic rings. The molecule has 1 heterocycles. The molecule has 0 bridgehead atoms. The van der Waals surface area contributed by atoms with Crippen LogP contribution in [0.1, 0.15) is 12.5 Å². The van der Waals surface area contributed by atoms with Crippen molar-refractivity contribution in [1.82, 2.24) is 15.0 Å². The van der Waals surface area contributed by atoms with E-state index in [0.717, 1.165) is 17.4 Å². The number of nitro groups is 1. The van der Waals surface area contributed by atoms with Crippen molar-refractivity contribution in [3.63, 3.8) is 0 Å². The summed E-state index contributed by atoms with van der Waals surface area (Å²) in [6.45, 7) is 1.93. The van der Waals surface area contributed by atoms with E-state index in [2.05, 4.69) is 36.1 Å². The molecule has 4 rings (SSSR count). The first kappa shape index (κ1) is 23.9. The lowest BCUT2D eigenvalue weighted by molar-refractivity contribution is -0.385. The van der Waals surface area contributed by atoms with E-state index in [1.165, 1.54) is 12.3 Å². The van der Waals surface area contributed by atoms with Crippen LogP contribution in [0.4, 0.5) is 34.9 Å². The zero-order chi connectivity index (χ0) is 25.3. The van der Waals surface area contributed by atoms with Crippen LogP contribution in [0, 0.1) is 10.1 Å². The summed E-state index contributed by atoms with van der Waals surface area (Å²) in [5, 5.41) is 31.9. The first-order valence-corrected chi connectivity index (χ1v) is 10.9. The molecular weight excluding hydrogens is 464 g/mol. The van der Waals surface area contributed by atoms with Crippen molar-refractivity contribution in [1.29, 1.82) is 0 Å². The predicted molar refractivity (Wildman–Crippen MR) is 136 cm³/mol. The van der Waals surface area contributed by atoms with Crippen molar-refractivity contribution in [2.24, 2.45) is 5.10 Å². The summed E-state index contributed by atoms with van der Waals surface area (Å²) in [7, 11) is 0. The van der Waals surface area contributed by atoms with Gasteiger partial charge in [-0.15, -0.1) is 0 Å². The van der Waals surface area contributed by atoms with Crippen molar-refractivity contribution in [3.8, 4) is 11.5 Å². The average Bonchev–Trinajstić information content (AvgIpc) is 2.87. The van der Waals surface area contributed by atoms with Gasteiger partial charge in [-0.25, -0.2) is 5.43 Å². The van der Waals surface area contributed by atoms with Crippen LogP contribution < -0.4 is 20.8 Å². The minimum absolute atomic E-state index is 0.0167. The molecule has 0 fully saturated rings. The number of hydrazone groups is 1. The summed E-state index contributed by atoms with van der Waals surface area (Å²) in [6, 6.07) is 21.1. The number of aromatic hydroxyl groups is 1. The van der Waals surface area contributed by atoms with Crippen molar-refractivity contribution in [2.45, 2.75) is 6.92 Å². The molecule has 0 saturated heterocycles. The number of nitro benzene ring substituents is 1. The third-order valence-electron chi connectivity index (χ3n) is 4.66. The van der Waals surface area contributed by atoms with Gasteiger partial charge >= 0.3 is 0 Å². The largest absolute Gasteiger partial charge is 0.504 e. The minimum atomic E-state index is -0.582. The summed E-state index contributed by atoms with van der Waals surface area (Å²) < 4.78 is 5.29. The summed E-state index contributed by atoms with van der Waals surface area (Å²) >= 11 is 0. The van der Waals surface area contributed by atoms with Gasteiger partial charge in [-0.05, 0) is 31.2 Å². The van der Waals surface area contributed by atoms with Gasteiger partial charge < -0.3 is 20.5 Å². The Labute approximate surface area is 205 Å². The van der Waals surface area contributed by atoms with Crippen molar-refractivity contribution < 1.29 is 14.8 Å². The van der Waals surface area contributed by atoms with E-state index >= 15 is 0 Å². The number of hydrogen-bond donors (Lipinski definition) is 4. The number of benzene rings is 3. The molecule has 4 N–H and O–H groups in total. The van der Waals surface area contributed by atoms with Crippen LogP contribution in [-0.4, -0.2) is 37.8 Å². The summed E-state index contributed by atoms with van der Waals surface area (Å²) in [4.78, 5) is 23.7. The van der Waals surface area contributed by atoms with Crippen LogP contribution in [0.25, 0.3) is 0 Å². The number of phenolic OH excluding ortho intramolecular Hbond substituents is 1. The van der Waals surface area contributed by atoms with Gasteiger partial charge in [-0.1, -0.05) is 36.4 Å². The molecule has 0 radical (unpaired) electrons. The molecule has 4 aromatic rings. The van der Waals surface area contributed by atoms with Crippen LogP contribution >= 0.6 is 0 Å². The zero-order valence-corrected chi connectivity index (χ0v) is 19.1. The molecule has 0 spiro atoms. The lowest BCUT2D eigenvalue weighted by Crippen LogP contribution is -2.07. The molecule has 0 aliphatic carbocycles. The molecular formula is C24H22N8O4. The standard InChI is InChI=1S/C24H22N8O4/c1-2-36-20-14-19(32(34)35)13-16(21(20)33)15-25-31-24-29-22(26-17-9-5-3-6-10-17)28-23(30-24)27-18-11-7-4-8-12-18/h3-15,33H,2H2,1H3,(H3,26,27,28,29,30,31)/b25-15-. The molecule has 12 nitrogen and oxygen atoms in total. The Morgan fingerprint density at radius 1 is 0.944 bits per heavy atom. The number of nitrogens with one attached hydrogen (secondary N) is 3. The van der Waals surface area contributed by atoms with Crippen LogP contribution in [0.2, 0.25) is 0 Å². The summed E-state index contributed by atoms with van der Waals surface area (Å²) in [5.41, 5.74) is 4.06. The molecule has 0 unspecified atom stereocenters. The van der Waals surface area contributed by atoms with Crippen LogP contribution in [0.3, 0.4) is 0 Å². The van der Waals surface area contributed by atoms with Gasteiger partial charge in [0, 0.05) is 23.0 Å². The number of anilines is 5. The number of rotatable bonds is 10. The number of para-hydroxylation sites is 2. The SMILES string of the molecule is CCOc1cc([N+](=O)[O-])cc(/C=N\Nc2nc(Nc3ccccc3)nc(Nc3ccccc3)n2)c1O. The summed E-state index contributed by atoms with van der Waals surface area (Å²) in [5.74, 6) is 0.305. The lowest BCUT2D eigenvalue weighted by atomic mass is 10.1. The number of hydrogen-bond acceptors (Lipinski definition) is 11. The van der Waals surface area contributed by atoms with E-state index in [1.807, 2.05) is 60.7 Å². The Kier molecular flexibility index (Phi) is 7.46. The van der Waals surface area contributed by atoms with E-state index in [1.54, 1.807) is 6.92 Å². The van der Waals surface area contributed by atoms with Crippen LogP contribution in [-0.2, 0) is 0 Å². The second-order valence-electron chi connectivity index (χ2n) is 7.23. The second kappa shape index (κ2) is 11.2. The van der Waals surface area contributed by atoms with Gasteiger partial charge in [0.2, 0.25) is 17.8 Å². The van der Waals surface area contributed by atoms with Crippen molar-refractivity contribution >= 4 is 41.1 Å². The van der Waals surface area contributed by atoms with Gasteiger partial charge in [0.1, 0.15) is 0 Å². The maximum atomic E-state index is 11.3. The Morgan fingerprint density at radius 2 is 1.50 bits per heavy atom. The first-order chi connectivity index (χ1) is 17.5. The molecule has 0 atom stereocenters. The Morgan fingerprint density at radius 3 is 2.03 bits per heavy atom. The normalized spacial score (nSPS) is 10.7. The molecule has 12 heteroatoms. The Bertz CT molecular complexity index is 1310. The Hall–Kier alpha value is -5.26. The fourth-order valence-corrected chi connectivity index (χ4v) is 3.08. The number of non-ortho nitro benzene ring substituents is 1. The Balaban J connectivity index is 1.61. The zero-order valence-electron chi connectivity index (χ0n) is 19.1. The van der Waals surface area contributed by atoms with Gasteiger partial charge in [0.15, 0.2) is 11.5 Å². The summed E-state index contributed by atoms with van der Waals surface area (Å²) in [6.07, 6.45) is 1.21. The molecule has 1 aromatic heterocycles. The van der Waals surface area contributed by atoms with Crippen molar-refractivity contribution in [3.05, 3.63) is 88.5 Å². The number of nitrogens with zero attached hydrogens (tertiary/aromatic N) is 5. The van der Waals surface area contributed by atoms with E-state index < -0.39 is 4.92 Å². The highest BCUT2D eigenvalue weighted by atomic mass is 16.6. The fraction of sp³-hybridized carbons (Fsp3) is 0.0833. The van der Waals surface area contributed by atoms with Crippen LogP contribution in [0.15, 0.2) is 77.9 Å². The maximum Gasteiger partial charge on any atom is 0.274 e. The maximum absolute atomic E-state index is 11.3. The molecule has 0 saturated carbocycles. The van der Waals surface area contributed by atoms with Crippen molar-refractivity contribution in [2.75, 3.05) is 22.7 Å². The molecule has 0 amide bonds. The van der Waals surface area contributed by atoms with Gasteiger partial charge in [0.25, 0.3) is 5.69 Å². The van der Waals surface area contributed by atoms with E-state index in [9.17, 15) is 15.2 Å². The van der Waals surface area contributed by atoms with Gasteiger partial charge in [-0.2, -0.15) is 20.1 Å². The van der Waals surface area contributed by atoms with E-state index in [4.69, 9.17) is 4.74 Å². The first-order valence-electron chi connectivity index (χ1n) is 10.9. The highest BCUT2D eigenvalue weighted by Gasteiger charge is 2.16. The highest BCUT2D eigenvalue weighted by Crippen LogP contribution is 2.34. The smallest absolute Gasteiger partial charge is 0.274 e. The molecule has 0 aliphatic heterocycles. The number of ether oxygens (including phenoxy) is 1. The van der Waals surface area contributed by atoms with E-state index in [-0.39, 0.29) is 47.2 Å².